The Kier molecular flexibility index (Phi) is 3.62. The highest BCUT2D eigenvalue weighted by Crippen LogP contribution is 2.22. The molecule has 0 amide bonds. The number of furan rings is 1. The molecule has 1 aliphatic rings. The highest BCUT2D eigenvalue weighted by Gasteiger charge is 2.24. The number of carboxylic acids is 1. The van der Waals surface area contributed by atoms with Crippen molar-refractivity contribution in [1.82, 2.24) is 4.90 Å². The molecule has 0 aliphatic carbocycles. The van der Waals surface area contributed by atoms with Crippen molar-refractivity contribution < 1.29 is 14.3 Å². The Morgan fingerprint density at radius 2 is 2.44 bits per heavy atom. The molecule has 1 N–H and O–H groups in total. The van der Waals surface area contributed by atoms with Crippen molar-refractivity contribution in [2.75, 3.05) is 6.54 Å². The van der Waals surface area contributed by atoms with Crippen LogP contribution in [-0.2, 0) is 11.3 Å². The number of carboxylic acid groups (broad SMARTS) is 1. The van der Waals surface area contributed by atoms with Crippen molar-refractivity contribution in [2.24, 2.45) is 0 Å². The van der Waals surface area contributed by atoms with Crippen LogP contribution in [0, 0.1) is 0 Å². The van der Waals surface area contributed by atoms with Gasteiger partial charge in [0.25, 0.3) is 0 Å². The lowest BCUT2D eigenvalue weighted by molar-refractivity contribution is -0.138. The van der Waals surface area contributed by atoms with E-state index >= 15 is 0 Å². The minimum atomic E-state index is -0.705. The van der Waals surface area contributed by atoms with Gasteiger partial charge in [-0.3, -0.25) is 9.69 Å². The number of carbonyl (C=O) groups is 1. The Labute approximate surface area is 94.9 Å². The molecule has 1 fully saturated rings. The summed E-state index contributed by atoms with van der Waals surface area (Å²) in [5, 5.41) is 8.86. The number of rotatable bonds is 4. The number of piperidine rings is 1. The maximum atomic E-state index is 10.8. The molecule has 0 radical (unpaired) electrons. The van der Waals surface area contributed by atoms with Crippen molar-refractivity contribution in [2.45, 2.75) is 38.3 Å². The van der Waals surface area contributed by atoms with Crippen molar-refractivity contribution >= 4 is 5.97 Å². The molecule has 16 heavy (non-hydrogen) atoms. The van der Waals surface area contributed by atoms with Crippen LogP contribution in [0.15, 0.2) is 23.0 Å². The number of hydrogen-bond donors (Lipinski definition) is 1. The normalized spacial score (nSPS) is 22.1. The molecule has 4 nitrogen and oxygen atoms in total. The lowest BCUT2D eigenvalue weighted by Gasteiger charge is -2.34. The average molecular weight is 223 g/mol. The van der Waals surface area contributed by atoms with Crippen LogP contribution in [0.5, 0.6) is 0 Å². The largest absolute Gasteiger partial charge is 0.481 e. The molecular formula is C12H17NO3. The molecule has 1 aromatic rings. The first-order valence-corrected chi connectivity index (χ1v) is 5.72. The summed E-state index contributed by atoms with van der Waals surface area (Å²) in [7, 11) is 0. The number of likely N-dealkylation sites (tertiary alicyclic amines) is 1. The van der Waals surface area contributed by atoms with E-state index in [1.54, 1.807) is 12.5 Å². The maximum Gasteiger partial charge on any atom is 0.304 e. The number of aliphatic carboxylic acids is 1. The van der Waals surface area contributed by atoms with Gasteiger partial charge in [0.15, 0.2) is 0 Å². The Balaban J connectivity index is 1.96. The fourth-order valence-corrected chi connectivity index (χ4v) is 2.32. The van der Waals surface area contributed by atoms with Crippen LogP contribution < -0.4 is 0 Å². The molecule has 1 aromatic heterocycles. The maximum absolute atomic E-state index is 10.8. The zero-order valence-electron chi connectivity index (χ0n) is 9.26. The van der Waals surface area contributed by atoms with Gasteiger partial charge in [0.2, 0.25) is 0 Å². The molecule has 0 aromatic carbocycles. The molecule has 1 aliphatic heterocycles. The van der Waals surface area contributed by atoms with E-state index in [1.807, 2.05) is 6.07 Å². The third-order valence-electron chi connectivity index (χ3n) is 3.13. The first-order valence-electron chi connectivity index (χ1n) is 5.72. The molecule has 4 heteroatoms. The highest BCUT2D eigenvalue weighted by atomic mass is 16.4. The molecule has 0 bridgehead atoms. The van der Waals surface area contributed by atoms with Crippen LogP contribution in [0.4, 0.5) is 0 Å². The number of hydrogen-bond acceptors (Lipinski definition) is 3. The van der Waals surface area contributed by atoms with E-state index in [0.717, 1.165) is 37.9 Å². The van der Waals surface area contributed by atoms with E-state index in [1.165, 1.54) is 0 Å². The summed E-state index contributed by atoms with van der Waals surface area (Å²) in [6.07, 6.45) is 6.92. The molecule has 1 saturated heterocycles. The van der Waals surface area contributed by atoms with Crippen LogP contribution in [0.2, 0.25) is 0 Å². The van der Waals surface area contributed by atoms with Crippen LogP contribution in [0.25, 0.3) is 0 Å². The van der Waals surface area contributed by atoms with Gasteiger partial charge in [-0.2, -0.15) is 0 Å². The molecule has 1 atom stereocenters. The van der Waals surface area contributed by atoms with E-state index in [0.29, 0.717) is 0 Å². The second kappa shape index (κ2) is 5.16. The SMILES string of the molecule is O=C(O)CC1CCCCN1Cc1ccoc1. The fraction of sp³-hybridized carbons (Fsp3) is 0.583. The summed E-state index contributed by atoms with van der Waals surface area (Å²) < 4.78 is 5.03. The van der Waals surface area contributed by atoms with Gasteiger partial charge in [-0.15, -0.1) is 0 Å². The summed E-state index contributed by atoms with van der Waals surface area (Å²) in [5.74, 6) is -0.705. The fourth-order valence-electron chi connectivity index (χ4n) is 2.32. The third kappa shape index (κ3) is 2.85. The summed E-state index contributed by atoms with van der Waals surface area (Å²) >= 11 is 0. The molecule has 88 valence electrons. The Morgan fingerprint density at radius 3 is 3.12 bits per heavy atom. The zero-order valence-corrected chi connectivity index (χ0v) is 9.26. The molecule has 0 saturated carbocycles. The van der Waals surface area contributed by atoms with Crippen LogP contribution >= 0.6 is 0 Å². The summed E-state index contributed by atoms with van der Waals surface area (Å²) in [6.45, 7) is 1.79. The number of nitrogens with zero attached hydrogens (tertiary/aromatic N) is 1. The van der Waals surface area contributed by atoms with Gasteiger partial charge in [0, 0.05) is 18.2 Å². The molecule has 1 unspecified atom stereocenters. The van der Waals surface area contributed by atoms with Gasteiger partial charge in [-0.1, -0.05) is 6.42 Å². The predicted molar refractivity (Wildman–Crippen MR) is 59.0 cm³/mol. The standard InChI is InChI=1S/C12H17NO3/c14-12(15)7-11-3-1-2-5-13(11)8-10-4-6-16-9-10/h4,6,9,11H,1-3,5,7-8H2,(H,14,15). The second-order valence-electron chi connectivity index (χ2n) is 4.35. The van der Waals surface area contributed by atoms with Crippen molar-refractivity contribution in [3.05, 3.63) is 24.2 Å². The van der Waals surface area contributed by atoms with Crippen LogP contribution in [0.1, 0.15) is 31.2 Å². The van der Waals surface area contributed by atoms with E-state index in [2.05, 4.69) is 4.90 Å². The monoisotopic (exact) mass is 223 g/mol. The Bertz CT molecular complexity index is 334. The van der Waals surface area contributed by atoms with Crippen molar-refractivity contribution in [3.63, 3.8) is 0 Å². The van der Waals surface area contributed by atoms with Gasteiger partial charge in [0.1, 0.15) is 0 Å². The summed E-state index contributed by atoms with van der Waals surface area (Å²) in [6, 6.07) is 2.12. The topological polar surface area (TPSA) is 53.7 Å². The summed E-state index contributed by atoms with van der Waals surface area (Å²) in [4.78, 5) is 13.0. The third-order valence-corrected chi connectivity index (χ3v) is 3.13. The molecule has 2 rings (SSSR count). The van der Waals surface area contributed by atoms with Gasteiger partial charge in [0.05, 0.1) is 18.9 Å². The molecular weight excluding hydrogens is 206 g/mol. The van der Waals surface area contributed by atoms with E-state index in [9.17, 15) is 4.79 Å². The van der Waals surface area contributed by atoms with E-state index < -0.39 is 5.97 Å². The first kappa shape index (κ1) is 11.2. The van der Waals surface area contributed by atoms with Gasteiger partial charge < -0.3 is 9.52 Å². The summed E-state index contributed by atoms with van der Waals surface area (Å²) in [5.41, 5.74) is 1.12. The van der Waals surface area contributed by atoms with E-state index in [4.69, 9.17) is 9.52 Å². The zero-order chi connectivity index (χ0) is 11.4. The van der Waals surface area contributed by atoms with Crippen molar-refractivity contribution in [1.29, 1.82) is 0 Å². The molecule has 0 spiro atoms. The molecule has 2 heterocycles. The smallest absolute Gasteiger partial charge is 0.304 e. The highest BCUT2D eigenvalue weighted by molar-refractivity contribution is 5.67. The van der Waals surface area contributed by atoms with Gasteiger partial charge in [-0.25, -0.2) is 0 Å². The lowest BCUT2D eigenvalue weighted by atomic mass is 9.99. The van der Waals surface area contributed by atoms with E-state index in [-0.39, 0.29) is 12.5 Å². The average Bonchev–Trinajstić information content (AvgIpc) is 2.73. The first-order chi connectivity index (χ1) is 7.75. The van der Waals surface area contributed by atoms with Gasteiger partial charge >= 0.3 is 5.97 Å². The minimum absolute atomic E-state index is 0.182. The quantitative estimate of drug-likeness (QED) is 0.849. The predicted octanol–water partition coefficient (Wildman–Crippen LogP) is 2.11. The Morgan fingerprint density at radius 1 is 1.56 bits per heavy atom. The minimum Gasteiger partial charge on any atom is -0.481 e. The van der Waals surface area contributed by atoms with Gasteiger partial charge in [-0.05, 0) is 25.5 Å². The van der Waals surface area contributed by atoms with Crippen LogP contribution in [0.3, 0.4) is 0 Å². The second-order valence-corrected chi connectivity index (χ2v) is 4.35. The lowest BCUT2D eigenvalue weighted by Crippen LogP contribution is -2.40. The Hall–Kier alpha value is -1.29. The van der Waals surface area contributed by atoms with Crippen molar-refractivity contribution in [3.8, 4) is 0 Å². The van der Waals surface area contributed by atoms with Crippen LogP contribution in [-0.4, -0.2) is 28.6 Å².